The standard InChI is InChI=1S/C49H59N9O4S/c1-32(2)37-7-3-4-8-38(37)42-9-5-18-57(42)36-28-49(29-36)15-20-56(21-16-49)35-10-11-39(43(26-35)58-19-6-22-62-48-44(58)25-34-12-17-50-46(34)53-48)47(59)55-63-45-27-40(54-60)41(31-52-45)51-30-33-13-23-61-24-14-33/h3-4,7-8,10-12,17,25-27,31-33,36,42,51H,5-6,9,13-16,18-24,28-30H2,1-2H3,(H,50,53)(H,55,59). The first-order valence-electron chi connectivity index (χ1n) is 23.1. The second kappa shape index (κ2) is 18.1. The molecule has 3 aromatic heterocycles. The third-order valence-electron chi connectivity index (χ3n) is 14.4. The van der Waals surface area contributed by atoms with Crippen LogP contribution in [0, 0.1) is 16.2 Å². The summed E-state index contributed by atoms with van der Waals surface area (Å²) < 4.78 is 14.7. The molecule has 1 unspecified atom stereocenters. The number of aromatic amines is 1. The van der Waals surface area contributed by atoms with Crippen molar-refractivity contribution in [2.24, 2.45) is 16.5 Å². The van der Waals surface area contributed by atoms with Crippen LogP contribution in [0.15, 0.2) is 83.3 Å². The van der Waals surface area contributed by atoms with Crippen LogP contribution in [0.25, 0.3) is 11.0 Å². The van der Waals surface area contributed by atoms with Gasteiger partial charge in [0.25, 0.3) is 5.91 Å². The van der Waals surface area contributed by atoms with Crippen LogP contribution in [0.4, 0.5) is 28.4 Å². The van der Waals surface area contributed by atoms with Gasteiger partial charge in [-0.25, -0.2) is 4.98 Å². The highest BCUT2D eigenvalue weighted by Crippen LogP contribution is 2.54. The molecular weight excluding hydrogens is 811 g/mol. The number of anilines is 4. The molecule has 7 heterocycles. The molecular formula is C49H59N9O4S. The molecule has 2 aromatic carbocycles. The Bertz CT molecular complexity index is 2440. The van der Waals surface area contributed by atoms with E-state index in [-0.39, 0.29) is 11.6 Å². The van der Waals surface area contributed by atoms with Crippen LogP contribution in [0.2, 0.25) is 0 Å². The Kier molecular flexibility index (Phi) is 12.0. The number of H-pyrrole nitrogens is 1. The molecule has 1 spiro atoms. The number of carbonyl (C=O) groups excluding carboxylic acids is 1. The van der Waals surface area contributed by atoms with Crippen LogP contribution in [0.5, 0.6) is 5.88 Å². The van der Waals surface area contributed by atoms with E-state index in [9.17, 15) is 9.70 Å². The number of ether oxygens (including phenoxy) is 2. The lowest BCUT2D eigenvalue weighted by Gasteiger charge is -2.56. The Labute approximate surface area is 374 Å². The number of piperidine rings is 1. The van der Waals surface area contributed by atoms with Gasteiger partial charge in [0.2, 0.25) is 5.88 Å². The van der Waals surface area contributed by atoms with Crippen LogP contribution in [-0.2, 0) is 4.74 Å². The summed E-state index contributed by atoms with van der Waals surface area (Å²) in [7, 11) is 0. The van der Waals surface area contributed by atoms with Crippen LogP contribution >= 0.6 is 11.9 Å². The molecule has 3 saturated heterocycles. The van der Waals surface area contributed by atoms with E-state index in [1.807, 2.05) is 18.3 Å². The molecule has 13 nitrogen and oxygen atoms in total. The van der Waals surface area contributed by atoms with Gasteiger partial charge in [0.1, 0.15) is 22.0 Å². The molecule has 4 fully saturated rings. The van der Waals surface area contributed by atoms with E-state index in [1.165, 1.54) is 50.6 Å². The average Bonchev–Trinajstić information content (AvgIpc) is 3.94. The minimum Gasteiger partial charge on any atom is -0.476 e. The fraction of sp³-hybridized carbons (Fsp3) is 0.490. The van der Waals surface area contributed by atoms with Crippen LogP contribution in [-0.4, -0.2) is 84.3 Å². The average molecular weight is 870 g/mol. The molecule has 10 rings (SSSR count). The Hall–Kier alpha value is -5.18. The summed E-state index contributed by atoms with van der Waals surface area (Å²) in [5.74, 6) is 1.28. The number of pyridine rings is 2. The fourth-order valence-electron chi connectivity index (χ4n) is 10.9. The molecule has 0 bridgehead atoms. The van der Waals surface area contributed by atoms with Crippen molar-refractivity contribution in [1.29, 1.82) is 0 Å². The molecule has 4 aliphatic heterocycles. The number of fused-ring (bicyclic) bond motifs is 2. The molecule has 14 heteroatoms. The van der Waals surface area contributed by atoms with E-state index < -0.39 is 0 Å². The zero-order valence-corrected chi connectivity index (χ0v) is 37.3. The molecule has 1 saturated carbocycles. The highest BCUT2D eigenvalue weighted by atomic mass is 32.2. The molecule has 5 aliphatic rings. The van der Waals surface area contributed by atoms with Gasteiger partial charge in [0.15, 0.2) is 0 Å². The van der Waals surface area contributed by atoms with Crippen molar-refractivity contribution in [2.45, 2.75) is 94.7 Å². The van der Waals surface area contributed by atoms with E-state index in [0.717, 1.165) is 92.2 Å². The molecule has 330 valence electrons. The number of carbonyl (C=O) groups is 1. The lowest BCUT2D eigenvalue weighted by molar-refractivity contribution is -0.0227. The van der Waals surface area contributed by atoms with Gasteiger partial charge in [-0.1, -0.05) is 38.1 Å². The van der Waals surface area contributed by atoms with E-state index in [0.29, 0.717) is 64.6 Å². The van der Waals surface area contributed by atoms with Crippen LogP contribution in [0.1, 0.15) is 105 Å². The molecule has 1 aliphatic carbocycles. The summed E-state index contributed by atoms with van der Waals surface area (Å²) in [6, 6.07) is 22.3. The van der Waals surface area contributed by atoms with Gasteiger partial charge in [-0.15, -0.1) is 4.91 Å². The predicted octanol–water partition coefficient (Wildman–Crippen LogP) is 10.3. The summed E-state index contributed by atoms with van der Waals surface area (Å²) in [6.07, 6.45) is 13.7. The monoisotopic (exact) mass is 869 g/mol. The number of nitrogens with zero attached hydrogens (tertiary/aromatic N) is 6. The molecule has 3 N–H and O–H groups in total. The van der Waals surface area contributed by atoms with Crippen molar-refractivity contribution < 1.29 is 14.3 Å². The number of aromatic nitrogens is 3. The normalized spacial score (nSPS) is 20.7. The van der Waals surface area contributed by atoms with Gasteiger partial charge < -0.3 is 29.6 Å². The lowest BCUT2D eigenvalue weighted by Crippen LogP contribution is -2.55. The number of nitrogens with one attached hydrogen (secondary N) is 3. The van der Waals surface area contributed by atoms with Gasteiger partial charge in [-0.2, -0.15) is 4.98 Å². The van der Waals surface area contributed by atoms with Crippen molar-refractivity contribution in [3.05, 3.63) is 94.7 Å². The number of nitroso groups, excluding NO2 is 1. The molecule has 63 heavy (non-hydrogen) atoms. The van der Waals surface area contributed by atoms with Crippen molar-refractivity contribution in [3.8, 4) is 5.88 Å². The Morgan fingerprint density at radius 3 is 2.63 bits per heavy atom. The first-order valence-corrected chi connectivity index (χ1v) is 23.9. The first kappa shape index (κ1) is 41.8. The second-order valence-corrected chi connectivity index (χ2v) is 19.4. The smallest absolute Gasteiger partial charge is 0.263 e. The zero-order chi connectivity index (χ0) is 42.9. The van der Waals surface area contributed by atoms with Gasteiger partial charge >= 0.3 is 0 Å². The molecule has 1 atom stereocenters. The number of hydrogen-bond acceptors (Lipinski definition) is 12. The van der Waals surface area contributed by atoms with Crippen molar-refractivity contribution in [3.63, 3.8) is 0 Å². The summed E-state index contributed by atoms with van der Waals surface area (Å²) in [5.41, 5.74) is 8.34. The fourth-order valence-corrected chi connectivity index (χ4v) is 11.5. The molecule has 5 aromatic rings. The summed E-state index contributed by atoms with van der Waals surface area (Å²) in [5, 5.41) is 8.08. The predicted molar refractivity (Wildman–Crippen MR) is 251 cm³/mol. The third kappa shape index (κ3) is 8.61. The van der Waals surface area contributed by atoms with Gasteiger partial charge in [0, 0.05) is 86.8 Å². The van der Waals surface area contributed by atoms with E-state index in [4.69, 9.17) is 14.5 Å². The Morgan fingerprint density at radius 2 is 1.81 bits per heavy atom. The van der Waals surface area contributed by atoms with Gasteiger partial charge in [0.05, 0.1) is 29.7 Å². The van der Waals surface area contributed by atoms with Crippen LogP contribution < -0.4 is 24.6 Å². The number of rotatable bonds is 12. The Morgan fingerprint density at radius 1 is 0.968 bits per heavy atom. The highest BCUT2D eigenvalue weighted by molar-refractivity contribution is 7.97. The maximum Gasteiger partial charge on any atom is 0.263 e. The summed E-state index contributed by atoms with van der Waals surface area (Å²) in [4.78, 5) is 46.4. The minimum atomic E-state index is -0.262. The minimum absolute atomic E-state index is 0.261. The zero-order valence-electron chi connectivity index (χ0n) is 36.5. The van der Waals surface area contributed by atoms with E-state index >= 15 is 0 Å². The first-order chi connectivity index (χ1) is 30.8. The number of benzene rings is 2. The van der Waals surface area contributed by atoms with E-state index in [2.05, 4.69) is 96.2 Å². The van der Waals surface area contributed by atoms with Crippen molar-refractivity contribution in [1.82, 2.24) is 24.6 Å². The highest BCUT2D eigenvalue weighted by Gasteiger charge is 2.50. The number of likely N-dealkylation sites (tertiary alicyclic amines) is 1. The van der Waals surface area contributed by atoms with Crippen molar-refractivity contribution >= 4 is 57.3 Å². The van der Waals surface area contributed by atoms with Gasteiger partial charge in [-0.05, 0) is 128 Å². The second-order valence-electron chi connectivity index (χ2n) is 18.6. The number of amides is 1. The quantitative estimate of drug-likeness (QED) is 0.0815. The third-order valence-corrected chi connectivity index (χ3v) is 15.2. The number of hydrogen-bond donors (Lipinski definition) is 3. The lowest BCUT2D eigenvalue weighted by atomic mass is 9.59. The largest absolute Gasteiger partial charge is 0.476 e. The van der Waals surface area contributed by atoms with Gasteiger partial charge in [-0.3, -0.25) is 14.4 Å². The molecule has 0 radical (unpaired) electrons. The maximum absolute atomic E-state index is 14.3. The maximum atomic E-state index is 14.3. The topological polar surface area (TPSA) is 140 Å². The molecule has 1 amide bonds. The summed E-state index contributed by atoms with van der Waals surface area (Å²) >= 11 is 1.08. The van der Waals surface area contributed by atoms with E-state index in [1.54, 1.807) is 17.8 Å². The Balaban J connectivity index is 0.861. The van der Waals surface area contributed by atoms with Crippen molar-refractivity contribution in [2.75, 3.05) is 67.7 Å². The summed E-state index contributed by atoms with van der Waals surface area (Å²) in [6.45, 7) is 11.2. The SMILES string of the molecule is CC(C)c1ccccc1C1CCCN1C1CC2(CCN(c3ccc(C(=O)NSc4cc(N=O)c(NCC5CCOCC5)cn4)c(N4CCCOc5nc6[nH]ccc6cc54)c3)CC2)C1. The van der Waals surface area contributed by atoms with Crippen LogP contribution in [0.3, 0.4) is 0 Å².